The predicted octanol–water partition coefficient (Wildman–Crippen LogP) is 3.02. The normalized spacial score (nSPS) is 38.6. The van der Waals surface area contributed by atoms with E-state index < -0.39 is 0 Å². The molecule has 1 atom stereocenters. The molecule has 1 unspecified atom stereocenters. The van der Waals surface area contributed by atoms with E-state index >= 15 is 0 Å². The maximum absolute atomic E-state index is 12.8. The van der Waals surface area contributed by atoms with Gasteiger partial charge in [-0.15, -0.1) is 0 Å². The van der Waals surface area contributed by atoms with E-state index in [0.29, 0.717) is 17.6 Å². The third-order valence-electron chi connectivity index (χ3n) is 5.17. The lowest BCUT2D eigenvalue weighted by molar-refractivity contribution is -0.135. The Morgan fingerprint density at radius 2 is 1.88 bits per heavy atom. The Labute approximate surface area is 106 Å². The van der Waals surface area contributed by atoms with Gasteiger partial charge >= 0.3 is 0 Å². The van der Waals surface area contributed by atoms with E-state index in [0.717, 1.165) is 38.3 Å². The van der Waals surface area contributed by atoms with Crippen LogP contribution in [0.15, 0.2) is 0 Å². The van der Waals surface area contributed by atoms with Gasteiger partial charge in [-0.1, -0.05) is 33.6 Å². The molecule has 1 aliphatic heterocycles. The van der Waals surface area contributed by atoms with E-state index in [2.05, 4.69) is 26.1 Å². The van der Waals surface area contributed by atoms with E-state index in [1.807, 2.05) is 0 Å². The number of carbonyl (C=O) groups excluding carboxylic acids is 1. The Morgan fingerprint density at radius 3 is 2.35 bits per heavy atom. The minimum atomic E-state index is -0.0504. The molecule has 98 valence electrons. The van der Waals surface area contributed by atoms with Gasteiger partial charge in [-0.2, -0.15) is 0 Å². The van der Waals surface area contributed by atoms with Crippen LogP contribution in [0.4, 0.5) is 0 Å². The second-order valence-electron chi connectivity index (χ2n) is 6.56. The van der Waals surface area contributed by atoms with Gasteiger partial charge in [0.25, 0.3) is 0 Å². The van der Waals surface area contributed by atoms with Gasteiger partial charge in [-0.05, 0) is 37.6 Å². The summed E-state index contributed by atoms with van der Waals surface area (Å²) in [5.74, 6) is 2.23. The number of ketones is 1. The van der Waals surface area contributed by atoms with E-state index in [1.54, 1.807) is 0 Å². The number of Topliss-reactive ketones (excluding diaryl/α,β-unsaturated/α-hetero) is 1. The zero-order chi connectivity index (χ0) is 12.5. The van der Waals surface area contributed by atoms with Gasteiger partial charge in [0, 0.05) is 17.9 Å². The molecular formula is C15H27NO. The number of rotatable bonds is 3. The second-order valence-corrected chi connectivity index (χ2v) is 6.56. The van der Waals surface area contributed by atoms with Gasteiger partial charge in [-0.25, -0.2) is 0 Å². The summed E-state index contributed by atoms with van der Waals surface area (Å²) in [5, 5.41) is 3.40. The van der Waals surface area contributed by atoms with Crippen molar-refractivity contribution in [2.45, 2.75) is 52.9 Å². The van der Waals surface area contributed by atoms with Gasteiger partial charge in [0.1, 0.15) is 5.78 Å². The third-order valence-corrected chi connectivity index (χ3v) is 5.17. The first-order valence-corrected chi connectivity index (χ1v) is 7.31. The van der Waals surface area contributed by atoms with Crippen LogP contribution in [0.3, 0.4) is 0 Å². The van der Waals surface area contributed by atoms with E-state index in [4.69, 9.17) is 0 Å². The molecule has 0 aromatic rings. The molecular weight excluding hydrogens is 210 g/mol. The van der Waals surface area contributed by atoms with Crippen molar-refractivity contribution in [1.82, 2.24) is 5.32 Å². The van der Waals surface area contributed by atoms with Crippen LogP contribution in [0.1, 0.15) is 52.9 Å². The number of carbonyl (C=O) groups is 1. The Bertz CT molecular complexity index is 271. The zero-order valence-corrected chi connectivity index (χ0v) is 11.6. The number of nitrogens with one attached hydrogen (secondary N) is 1. The molecule has 1 saturated carbocycles. The summed E-state index contributed by atoms with van der Waals surface area (Å²) in [7, 11) is 0. The largest absolute Gasteiger partial charge is 0.316 e. The van der Waals surface area contributed by atoms with Crippen molar-refractivity contribution in [1.29, 1.82) is 0 Å². The van der Waals surface area contributed by atoms with Gasteiger partial charge in [0.2, 0.25) is 0 Å². The fourth-order valence-electron chi connectivity index (χ4n) is 3.63. The molecule has 0 aromatic heterocycles. The van der Waals surface area contributed by atoms with Crippen molar-refractivity contribution in [3.05, 3.63) is 0 Å². The van der Waals surface area contributed by atoms with E-state index in [-0.39, 0.29) is 5.41 Å². The average Bonchev–Trinajstić information content (AvgIpc) is 2.79. The average molecular weight is 237 g/mol. The molecule has 0 spiro atoms. The lowest BCUT2D eigenvalue weighted by atomic mass is 9.66. The summed E-state index contributed by atoms with van der Waals surface area (Å²) >= 11 is 0. The summed E-state index contributed by atoms with van der Waals surface area (Å²) < 4.78 is 0. The lowest BCUT2D eigenvalue weighted by Gasteiger charge is -2.36. The zero-order valence-electron chi connectivity index (χ0n) is 11.6. The monoisotopic (exact) mass is 237 g/mol. The molecule has 1 saturated heterocycles. The van der Waals surface area contributed by atoms with Crippen LogP contribution in [0.25, 0.3) is 0 Å². The molecule has 2 fully saturated rings. The molecule has 0 radical (unpaired) electrons. The van der Waals surface area contributed by atoms with Crippen LogP contribution >= 0.6 is 0 Å². The number of hydrogen-bond acceptors (Lipinski definition) is 2. The highest BCUT2D eigenvalue weighted by molar-refractivity contribution is 5.88. The van der Waals surface area contributed by atoms with Crippen molar-refractivity contribution in [3.63, 3.8) is 0 Å². The first kappa shape index (κ1) is 13.1. The van der Waals surface area contributed by atoms with Crippen LogP contribution in [0, 0.1) is 23.2 Å². The molecule has 1 heterocycles. The van der Waals surface area contributed by atoms with Crippen LogP contribution in [0.5, 0.6) is 0 Å². The molecule has 2 heteroatoms. The predicted molar refractivity (Wildman–Crippen MR) is 70.9 cm³/mol. The Hall–Kier alpha value is -0.370. The van der Waals surface area contributed by atoms with Gasteiger partial charge in [0.05, 0.1) is 0 Å². The summed E-state index contributed by atoms with van der Waals surface area (Å²) in [5.41, 5.74) is -0.0504. The van der Waals surface area contributed by atoms with Crippen molar-refractivity contribution in [2.75, 3.05) is 13.1 Å². The minimum Gasteiger partial charge on any atom is -0.316 e. The Balaban J connectivity index is 2.07. The van der Waals surface area contributed by atoms with Crippen LogP contribution in [-0.4, -0.2) is 18.9 Å². The first-order chi connectivity index (χ1) is 8.06. The summed E-state index contributed by atoms with van der Waals surface area (Å²) in [4.78, 5) is 12.8. The van der Waals surface area contributed by atoms with Crippen molar-refractivity contribution in [2.24, 2.45) is 23.2 Å². The summed E-state index contributed by atoms with van der Waals surface area (Å²) in [6.07, 6.45) is 5.81. The van der Waals surface area contributed by atoms with Crippen LogP contribution in [-0.2, 0) is 4.79 Å². The molecule has 0 aromatic carbocycles. The van der Waals surface area contributed by atoms with Gasteiger partial charge in [-0.3, -0.25) is 4.79 Å². The van der Waals surface area contributed by atoms with Crippen LogP contribution in [0.2, 0.25) is 0 Å². The fraction of sp³-hybridized carbons (Fsp3) is 0.933. The highest BCUT2D eigenvalue weighted by Crippen LogP contribution is 2.41. The number of hydrogen-bond donors (Lipinski definition) is 1. The standard InChI is InChI=1S/C15H27NO/c1-11(2)15(8-9-16-10-15)14(17)13-6-4-12(3)5-7-13/h11-13,16H,4-10H2,1-3H3. The van der Waals surface area contributed by atoms with Crippen molar-refractivity contribution >= 4 is 5.78 Å². The Morgan fingerprint density at radius 1 is 1.24 bits per heavy atom. The molecule has 17 heavy (non-hydrogen) atoms. The molecule has 0 bridgehead atoms. The highest BCUT2D eigenvalue weighted by atomic mass is 16.1. The molecule has 1 aliphatic carbocycles. The third kappa shape index (κ3) is 2.42. The van der Waals surface area contributed by atoms with Crippen molar-refractivity contribution < 1.29 is 4.79 Å². The minimum absolute atomic E-state index is 0.0504. The maximum atomic E-state index is 12.8. The summed E-state index contributed by atoms with van der Waals surface area (Å²) in [6.45, 7) is 8.69. The lowest BCUT2D eigenvalue weighted by Crippen LogP contribution is -2.43. The smallest absolute Gasteiger partial charge is 0.143 e. The summed E-state index contributed by atoms with van der Waals surface area (Å²) in [6, 6.07) is 0. The molecule has 2 rings (SSSR count). The van der Waals surface area contributed by atoms with E-state index in [1.165, 1.54) is 12.8 Å². The van der Waals surface area contributed by atoms with E-state index in [9.17, 15) is 4.79 Å². The topological polar surface area (TPSA) is 29.1 Å². The quantitative estimate of drug-likeness (QED) is 0.817. The first-order valence-electron chi connectivity index (χ1n) is 7.31. The highest BCUT2D eigenvalue weighted by Gasteiger charge is 2.46. The van der Waals surface area contributed by atoms with Gasteiger partial charge in [0.15, 0.2) is 0 Å². The molecule has 0 amide bonds. The maximum Gasteiger partial charge on any atom is 0.143 e. The Kier molecular flexibility index (Phi) is 3.92. The second kappa shape index (κ2) is 5.09. The van der Waals surface area contributed by atoms with Crippen molar-refractivity contribution in [3.8, 4) is 0 Å². The van der Waals surface area contributed by atoms with Crippen LogP contribution < -0.4 is 5.32 Å². The van der Waals surface area contributed by atoms with Gasteiger partial charge < -0.3 is 5.32 Å². The molecule has 2 aliphatic rings. The fourth-order valence-corrected chi connectivity index (χ4v) is 3.63. The SMILES string of the molecule is CC1CCC(C(=O)C2(C(C)C)CCNC2)CC1. The molecule has 1 N–H and O–H groups in total. The molecule has 2 nitrogen and oxygen atoms in total.